The lowest BCUT2D eigenvalue weighted by atomic mass is 9.96. The molecule has 0 amide bonds. The van der Waals surface area contributed by atoms with Crippen LogP contribution in [0.5, 0.6) is 0 Å². The number of hydrogen-bond donors (Lipinski definition) is 0. The van der Waals surface area contributed by atoms with Gasteiger partial charge in [-0.25, -0.2) is 0 Å². The Morgan fingerprint density at radius 1 is 1.00 bits per heavy atom. The fraction of sp³-hybridized carbons (Fsp3) is 0.714. The number of allylic oxidation sites excluding steroid dienone is 4. The second-order valence-corrected chi connectivity index (χ2v) is 3.76. The molecule has 0 heteroatoms. The average Bonchev–Trinajstić information content (AvgIpc) is 2.20. The van der Waals surface area contributed by atoms with E-state index in [1.165, 1.54) is 38.5 Å². The van der Waals surface area contributed by atoms with Gasteiger partial charge in [0.2, 0.25) is 0 Å². The Labute approximate surface area is 90.1 Å². The molecule has 0 bridgehead atoms. The SMILES string of the molecule is CC=C(CC)C(=CCC)CCCCC. The molecule has 0 aromatic heterocycles. The van der Waals surface area contributed by atoms with E-state index in [1.807, 2.05) is 0 Å². The van der Waals surface area contributed by atoms with Gasteiger partial charge in [0, 0.05) is 0 Å². The third-order valence-electron chi connectivity index (χ3n) is 2.64. The van der Waals surface area contributed by atoms with Crippen LogP contribution in [-0.4, -0.2) is 0 Å². The molecule has 0 N–H and O–H groups in total. The maximum absolute atomic E-state index is 2.40. The van der Waals surface area contributed by atoms with Crippen molar-refractivity contribution in [3.63, 3.8) is 0 Å². The highest BCUT2D eigenvalue weighted by atomic mass is 14.1. The predicted octanol–water partition coefficient (Wildman–Crippen LogP) is 5.26. The maximum Gasteiger partial charge on any atom is -0.0279 e. The lowest BCUT2D eigenvalue weighted by molar-refractivity contribution is 0.711. The molecule has 0 rings (SSSR count). The van der Waals surface area contributed by atoms with Gasteiger partial charge in [-0.1, -0.05) is 45.8 Å². The van der Waals surface area contributed by atoms with Gasteiger partial charge in [-0.3, -0.25) is 0 Å². The predicted molar refractivity (Wildman–Crippen MR) is 66.6 cm³/mol. The molecule has 0 aromatic carbocycles. The molecule has 0 aromatic rings. The second kappa shape index (κ2) is 9.05. The van der Waals surface area contributed by atoms with E-state index in [0.29, 0.717) is 0 Å². The van der Waals surface area contributed by atoms with Crippen molar-refractivity contribution >= 4 is 0 Å². The highest BCUT2D eigenvalue weighted by molar-refractivity contribution is 5.29. The van der Waals surface area contributed by atoms with Crippen LogP contribution in [0.25, 0.3) is 0 Å². The highest BCUT2D eigenvalue weighted by Gasteiger charge is 2.01. The van der Waals surface area contributed by atoms with Crippen molar-refractivity contribution in [2.45, 2.75) is 66.2 Å². The van der Waals surface area contributed by atoms with Gasteiger partial charge in [-0.15, -0.1) is 0 Å². The van der Waals surface area contributed by atoms with Gasteiger partial charge in [0.05, 0.1) is 0 Å². The summed E-state index contributed by atoms with van der Waals surface area (Å²) in [5.74, 6) is 0. The number of unbranched alkanes of at least 4 members (excludes halogenated alkanes) is 2. The average molecular weight is 194 g/mol. The second-order valence-electron chi connectivity index (χ2n) is 3.76. The van der Waals surface area contributed by atoms with Crippen molar-refractivity contribution in [3.8, 4) is 0 Å². The molecule has 14 heavy (non-hydrogen) atoms. The molecule has 0 spiro atoms. The van der Waals surface area contributed by atoms with Crippen molar-refractivity contribution in [2.75, 3.05) is 0 Å². The smallest absolute Gasteiger partial charge is 0.0279 e. The van der Waals surface area contributed by atoms with Crippen LogP contribution < -0.4 is 0 Å². The first-order valence-corrected chi connectivity index (χ1v) is 6.14. The van der Waals surface area contributed by atoms with Crippen LogP contribution in [0.4, 0.5) is 0 Å². The van der Waals surface area contributed by atoms with Crippen LogP contribution in [-0.2, 0) is 0 Å². The van der Waals surface area contributed by atoms with Crippen molar-refractivity contribution < 1.29 is 0 Å². The zero-order chi connectivity index (χ0) is 10.8. The van der Waals surface area contributed by atoms with Crippen molar-refractivity contribution in [1.29, 1.82) is 0 Å². The molecule has 0 aliphatic rings. The molecule has 0 unspecified atom stereocenters. The zero-order valence-corrected chi connectivity index (χ0v) is 10.4. The largest absolute Gasteiger partial charge is 0.0842 e. The standard InChI is InChI=1S/C14H26/c1-5-9-10-12-14(11-6-2)13(7-3)8-4/h7,11H,5-6,8-10,12H2,1-4H3. The summed E-state index contributed by atoms with van der Waals surface area (Å²) in [5.41, 5.74) is 3.13. The Balaban J connectivity index is 4.22. The molecule has 0 fully saturated rings. The van der Waals surface area contributed by atoms with Crippen molar-refractivity contribution in [3.05, 3.63) is 23.3 Å². The normalized spacial score (nSPS) is 13.4. The minimum Gasteiger partial charge on any atom is -0.0842 e. The Kier molecular flexibility index (Phi) is 8.72. The molecular weight excluding hydrogens is 168 g/mol. The van der Waals surface area contributed by atoms with Crippen LogP contribution in [0.15, 0.2) is 23.3 Å². The molecular formula is C14H26. The number of rotatable bonds is 7. The molecule has 82 valence electrons. The minimum atomic E-state index is 1.17. The monoisotopic (exact) mass is 194 g/mol. The fourth-order valence-electron chi connectivity index (χ4n) is 1.82. The minimum absolute atomic E-state index is 1.17. The molecule has 0 nitrogen and oxygen atoms in total. The summed E-state index contributed by atoms with van der Waals surface area (Å²) in [6, 6.07) is 0. The summed E-state index contributed by atoms with van der Waals surface area (Å²) in [4.78, 5) is 0. The van der Waals surface area contributed by atoms with E-state index in [9.17, 15) is 0 Å². The lowest BCUT2D eigenvalue weighted by Crippen LogP contribution is -1.90. The maximum atomic E-state index is 2.40. The summed E-state index contributed by atoms with van der Waals surface area (Å²) in [6.07, 6.45) is 12.3. The third-order valence-corrected chi connectivity index (χ3v) is 2.64. The Morgan fingerprint density at radius 3 is 2.14 bits per heavy atom. The molecule has 0 aliphatic heterocycles. The summed E-state index contributed by atoms with van der Waals surface area (Å²) < 4.78 is 0. The lowest BCUT2D eigenvalue weighted by Gasteiger charge is -2.09. The quantitative estimate of drug-likeness (QED) is 0.383. The first kappa shape index (κ1) is 13.5. The summed E-state index contributed by atoms with van der Waals surface area (Å²) in [7, 11) is 0. The summed E-state index contributed by atoms with van der Waals surface area (Å²) in [5, 5.41) is 0. The van der Waals surface area contributed by atoms with E-state index in [4.69, 9.17) is 0 Å². The van der Waals surface area contributed by atoms with E-state index < -0.39 is 0 Å². The van der Waals surface area contributed by atoms with Crippen LogP contribution >= 0.6 is 0 Å². The highest BCUT2D eigenvalue weighted by Crippen LogP contribution is 2.20. The topological polar surface area (TPSA) is 0 Å². The van der Waals surface area contributed by atoms with Gasteiger partial charge >= 0.3 is 0 Å². The summed E-state index contributed by atoms with van der Waals surface area (Å²) in [6.45, 7) is 8.89. The number of hydrogen-bond acceptors (Lipinski definition) is 0. The van der Waals surface area contributed by atoms with Crippen LogP contribution in [0.1, 0.15) is 66.2 Å². The summed E-state index contributed by atoms with van der Waals surface area (Å²) >= 11 is 0. The van der Waals surface area contributed by atoms with Crippen LogP contribution in [0.3, 0.4) is 0 Å². The van der Waals surface area contributed by atoms with E-state index in [-0.39, 0.29) is 0 Å². The molecule has 0 saturated heterocycles. The Morgan fingerprint density at radius 2 is 1.71 bits per heavy atom. The molecule has 0 radical (unpaired) electrons. The third kappa shape index (κ3) is 5.26. The fourth-order valence-corrected chi connectivity index (χ4v) is 1.82. The van der Waals surface area contributed by atoms with Crippen LogP contribution in [0.2, 0.25) is 0 Å². The van der Waals surface area contributed by atoms with E-state index >= 15 is 0 Å². The van der Waals surface area contributed by atoms with Crippen molar-refractivity contribution in [2.24, 2.45) is 0 Å². The van der Waals surface area contributed by atoms with Crippen LogP contribution in [0, 0.1) is 0 Å². The van der Waals surface area contributed by atoms with Gasteiger partial charge in [0.1, 0.15) is 0 Å². The van der Waals surface area contributed by atoms with E-state index in [0.717, 1.165) is 0 Å². The van der Waals surface area contributed by atoms with Gasteiger partial charge < -0.3 is 0 Å². The first-order chi connectivity index (χ1) is 6.79. The van der Waals surface area contributed by atoms with Gasteiger partial charge in [-0.2, -0.15) is 0 Å². The van der Waals surface area contributed by atoms with Crippen molar-refractivity contribution in [1.82, 2.24) is 0 Å². The van der Waals surface area contributed by atoms with Gasteiger partial charge in [0.25, 0.3) is 0 Å². The first-order valence-electron chi connectivity index (χ1n) is 6.14. The Hall–Kier alpha value is -0.520. The molecule has 0 aliphatic carbocycles. The molecule has 0 saturated carbocycles. The van der Waals surface area contributed by atoms with E-state index in [2.05, 4.69) is 39.8 Å². The molecule has 0 heterocycles. The van der Waals surface area contributed by atoms with E-state index in [1.54, 1.807) is 11.1 Å². The van der Waals surface area contributed by atoms with Gasteiger partial charge in [0.15, 0.2) is 0 Å². The Bertz CT molecular complexity index is 184. The zero-order valence-electron chi connectivity index (χ0n) is 10.4. The molecule has 0 atom stereocenters. The van der Waals surface area contributed by atoms with Gasteiger partial charge in [-0.05, 0) is 43.8 Å².